The predicted molar refractivity (Wildman–Crippen MR) is 72.3 cm³/mol. The summed E-state index contributed by atoms with van der Waals surface area (Å²) in [5.74, 6) is 0.663. The molecule has 2 heterocycles. The first kappa shape index (κ1) is 11.6. The van der Waals surface area contributed by atoms with Crippen molar-refractivity contribution in [1.82, 2.24) is 4.98 Å². The molecule has 0 spiro atoms. The van der Waals surface area contributed by atoms with Gasteiger partial charge in [0, 0.05) is 20.6 Å². The van der Waals surface area contributed by atoms with Crippen molar-refractivity contribution in [3.8, 4) is 9.88 Å². The van der Waals surface area contributed by atoms with Gasteiger partial charge in [-0.05, 0) is 35.3 Å². The second kappa shape index (κ2) is 4.95. The number of nitrogens with zero attached hydrogens (tertiary/aromatic N) is 1. The lowest BCUT2D eigenvalue weighted by molar-refractivity contribution is 1.12. The molecule has 0 bridgehead atoms. The predicted octanol–water partition coefficient (Wildman–Crippen LogP) is 4.72. The summed E-state index contributed by atoms with van der Waals surface area (Å²) in [4.78, 5) is 7.08. The summed E-state index contributed by atoms with van der Waals surface area (Å²) in [5, 5.41) is 3.18. The molecule has 1 nitrogen and oxygen atoms in total. The molecule has 2 rings (SSSR count). The molecule has 0 radical (unpaired) electrons. The van der Waals surface area contributed by atoms with E-state index in [1.165, 1.54) is 9.75 Å². The summed E-state index contributed by atoms with van der Waals surface area (Å²) < 4.78 is 1.12. The molecule has 80 valence electrons. The molecule has 15 heavy (non-hydrogen) atoms. The zero-order chi connectivity index (χ0) is 10.8. The minimum atomic E-state index is 0.663. The van der Waals surface area contributed by atoms with Gasteiger partial charge in [0.1, 0.15) is 5.01 Å². The number of hydrogen-bond acceptors (Lipinski definition) is 3. The minimum absolute atomic E-state index is 0.663. The first-order valence-corrected chi connectivity index (χ1v) is 7.49. The van der Waals surface area contributed by atoms with E-state index in [2.05, 4.69) is 32.4 Å². The average Bonchev–Trinajstić information content (AvgIpc) is 2.75. The van der Waals surface area contributed by atoms with Crippen molar-refractivity contribution in [2.24, 2.45) is 0 Å². The van der Waals surface area contributed by atoms with Crippen LogP contribution in [0.2, 0.25) is 0 Å². The summed E-state index contributed by atoms with van der Waals surface area (Å²) in [7, 11) is 0. The van der Waals surface area contributed by atoms with Gasteiger partial charge >= 0.3 is 0 Å². The van der Waals surface area contributed by atoms with Gasteiger partial charge in [-0.3, -0.25) is 0 Å². The Bertz CT molecular complexity index is 464. The number of hydrogen-bond donors (Lipinski definition) is 0. The Labute approximate surface area is 110 Å². The molecule has 0 aliphatic carbocycles. The van der Waals surface area contributed by atoms with Crippen LogP contribution in [-0.2, 0) is 6.42 Å². The van der Waals surface area contributed by atoms with Gasteiger partial charge in [0.2, 0.25) is 0 Å². The summed E-state index contributed by atoms with van der Waals surface area (Å²) in [6.45, 7) is 2.05. The lowest BCUT2D eigenvalue weighted by Gasteiger charge is -1.89. The number of thiophene rings is 1. The molecule has 2 aromatic heterocycles. The first-order chi connectivity index (χ1) is 7.20. The highest BCUT2D eigenvalue weighted by Crippen LogP contribution is 2.34. The van der Waals surface area contributed by atoms with Crippen LogP contribution in [-0.4, -0.2) is 10.9 Å². The third-order valence-electron chi connectivity index (χ3n) is 1.99. The van der Waals surface area contributed by atoms with E-state index in [-0.39, 0.29) is 0 Å². The van der Waals surface area contributed by atoms with E-state index < -0.39 is 0 Å². The third kappa shape index (κ3) is 2.61. The van der Waals surface area contributed by atoms with Gasteiger partial charge in [-0.2, -0.15) is 0 Å². The fourth-order valence-electron chi connectivity index (χ4n) is 1.28. The highest BCUT2D eigenvalue weighted by atomic mass is 79.9. The normalized spacial score (nSPS) is 10.9. The Morgan fingerprint density at radius 3 is 2.93 bits per heavy atom. The Kier molecular flexibility index (Phi) is 3.83. The number of rotatable bonds is 3. The summed E-state index contributed by atoms with van der Waals surface area (Å²) in [6, 6.07) is 2.10. The number of alkyl halides is 1. The van der Waals surface area contributed by atoms with Gasteiger partial charge < -0.3 is 0 Å². The monoisotopic (exact) mass is 321 g/mol. The minimum Gasteiger partial charge on any atom is -0.240 e. The SMILES string of the molecule is Cc1nc(-c2cc(Br)cs2)sc1CCCl. The molecule has 0 atom stereocenters. The van der Waals surface area contributed by atoms with Crippen LogP contribution in [0.25, 0.3) is 9.88 Å². The average molecular weight is 323 g/mol. The van der Waals surface area contributed by atoms with E-state index in [9.17, 15) is 0 Å². The molecule has 0 fully saturated rings. The number of aryl methyl sites for hydroxylation is 2. The third-order valence-corrected chi connectivity index (χ3v) is 5.26. The van der Waals surface area contributed by atoms with E-state index in [0.29, 0.717) is 5.88 Å². The van der Waals surface area contributed by atoms with E-state index in [0.717, 1.165) is 21.6 Å². The quantitative estimate of drug-likeness (QED) is 0.745. The summed E-state index contributed by atoms with van der Waals surface area (Å²) in [5.41, 5.74) is 1.11. The van der Waals surface area contributed by atoms with Crippen LogP contribution in [0.1, 0.15) is 10.6 Å². The number of thiazole rings is 1. The maximum absolute atomic E-state index is 5.74. The Hall–Kier alpha value is 0.1000. The van der Waals surface area contributed by atoms with Crippen LogP contribution in [0.15, 0.2) is 15.9 Å². The topological polar surface area (TPSA) is 12.9 Å². The molecule has 0 saturated carbocycles. The summed E-state index contributed by atoms with van der Waals surface area (Å²) in [6.07, 6.45) is 0.914. The van der Waals surface area contributed by atoms with Crippen LogP contribution in [0.3, 0.4) is 0 Å². The van der Waals surface area contributed by atoms with Crippen molar-refractivity contribution in [3.63, 3.8) is 0 Å². The zero-order valence-corrected chi connectivity index (χ0v) is 12.1. The van der Waals surface area contributed by atoms with Crippen LogP contribution >= 0.6 is 50.2 Å². The fourth-order valence-corrected chi connectivity index (χ4v) is 4.13. The zero-order valence-electron chi connectivity index (χ0n) is 8.09. The van der Waals surface area contributed by atoms with Gasteiger partial charge in [0.15, 0.2) is 0 Å². The van der Waals surface area contributed by atoms with Crippen molar-refractivity contribution < 1.29 is 0 Å². The van der Waals surface area contributed by atoms with Gasteiger partial charge in [-0.1, -0.05) is 0 Å². The Morgan fingerprint density at radius 2 is 2.33 bits per heavy atom. The number of aromatic nitrogens is 1. The molecule has 5 heteroatoms. The Balaban J connectivity index is 2.33. The van der Waals surface area contributed by atoms with Crippen LogP contribution in [0.5, 0.6) is 0 Å². The van der Waals surface area contributed by atoms with Crippen molar-refractivity contribution in [3.05, 3.63) is 26.5 Å². The maximum Gasteiger partial charge on any atom is 0.133 e. The maximum atomic E-state index is 5.74. The molecule has 0 aliphatic heterocycles. The highest BCUT2D eigenvalue weighted by Gasteiger charge is 2.10. The first-order valence-electron chi connectivity index (χ1n) is 4.47. The number of halogens is 2. The largest absolute Gasteiger partial charge is 0.240 e. The van der Waals surface area contributed by atoms with E-state index in [1.807, 2.05) is 6.92 Å². The summed E-state index contributed by atoms with van der Waals surface area (Å²) >= 11 is 12.6. The van der Waals surface area contributed by atoms with Crippen LogP contribution < -0.4 is 0 Å². The van der Waals surface area contributed by atoms with Crippen molar-refractivity contribution in [2.75, 3.05) is 5.88 Å². The van der Waals surface area contributed by atoms with Crippen molar-refractivity contribution in [1.29, 1.82) is 0 Å². The lowest BCUT2D eigenvalue weighted by atomic mass is 10.3. The van der Waals surface area contributed by atoms with Gasteiger partial charge in [0.25, 0.3) is 0 Å². The standard InChI is InChI=1S/C10H9BrClNS2/c1-6-8(2-3-12)15-10(13-6)9-4-7(11)5-14-9/h4-5H,2-3H2,1H3. The Morgan fingerprint density at radius 1 is 1.53 bits per heavy atom. The van der Waals surface area contributed by atoms with Crippen LogP contribution in [0, 0.1) is 6.92 Å². The second-order valence-electron chi connectivity index (χ2n) is 3.10. The van der Waals surface area contributed by atoms with E-state index >= 15 is 0 Å². The van der Waals surface area contributed by atoms with E-state index in [1.54, 1.807) is 22.7 Å². The molecule has 0 unspecified atom stereocenters. The lowest BCUT2D eigenvalue weighted by Crippen LogP contribution is -1.83. The van der Waals surface area contributed by atoms with Gasteiger partial charge in [-0.25, -0.2) is 4.98 Å². The molecule has 0 aliphatic rings. The van der Waals surface area contributed by atoms with Gasteiger partial charge in [-0.15, -0.1) is 34.3 Å². The smallest absolute Gasteiger partial charge is 0.133 e. The van der Waals surface area contributed by atoms with Crippen molar-refractivity contribution in [2.45, 2.75) is 13.3 Å². The molecule has 0 N–H and O–H groups in total. The molecular weight excluding hydrogens is 314 g/mol. The molecule has 0 saturated heterocycles. The molecule has 0 amide bonds. The van der Waals surface area contributed by atoms with Crippen molar-refractivity contribution >= 4 is 50.2 Å². The molecular formula is C10H9BrClNS2. The molecule has 2 aromatic rings. The van der Waals surface area contributed by atoms with Crippen LogP contribution in [0.4, 0.5) is 0 Å². The molecule has 0 aromatic carbocycles. The van der Waals surface area contributed by atoms with E-state index in [4.69, 9.17) is 11.6 Å². The highest BCUT2D eigenvalue weighted by molar-refractivity contribution is 9.10. The second-order valence-corrected chi connectivity index (χ2v) is 6.38. The fraction of sp³-hybridized carbons (Fsp3) is 0.300. The van der Waals surface area contributed by atoms with Gasteiger partial charge in [0.05, 0.1) is 10.6 Å².